The first-order chi connectivity index (χ1) is 17.4. The van der Waals surface area contributed by atoms with E-state index >= 15 is 0 Å². The van der Waals surface area contributed by atoms with E-state index in [9.17, 15) is 19.1 Å². The van der Waals surface area contributed by atoms with Gasteiger partial charge in [0, 0.05) is 36.6 Å². The highest BCUT2D eigenvalue weighted by molar-refractivity contribution is 5.88. The molecule has 8 nitrogen and oxygen atoms in total. The van der Waals surface area contributed by atoms with Crippen LogP contribution in [0, 0.1) is 12.7 Å². The first kappa shape index (κ1) is 23.2. The van der Waals surface area contributed by atoms with E-state index in [1.807, 2.05) is 30.3 Å². The largest absolute Gasteiger partial charge is 0.478 e. The standard InChI is InChI=1S/C27H22FN3O5/c1-16-29-26(36-30-16)18-7-9-21(10-8-18)35-24-13-22(27(33)34)23(28)11-20(24)15-31-14-19(12-25(31)32)17-5-3-2-4-6-17/h2-11,13,19H,12,14-15H2,1H3,(H,33,34)/t19-/m1/s1. The molecule has 9 heteroatoms. The molecule has 36 heavy (non-hydrogen) atoms. The maximum atomic E-state index is 14.6. The van der Waals surface area contributed by atoms with Crippen molar-refractivity contribution < 1.29 is 28.3 Å². The summed E-state index contributed by atoms with van der Waals surface area (Å²) in [6.45, 7) is 2.28. The maximum Gasteiger partial charge on any atom is 0.338 e. The van der Waals surface area contributed by atoms with Crippen LogP contribution in [0.15, 0.2) is 71.3 Å². The van der Waals surface area contributed by atoms with Gasteiger partial charge in [-0.3, -0.25) is 4.79 Å². The summed E-state index contributed by atoms with van der Waals surface area (Å²) >= 11 is 0. The molecule has 0 radical (unpaired) electrons. The average molecular weight is 487 g/mol. The SMILES string of the molecule is Cc1noc(-c2ccc(Oc3cc(C(=O)O)c(F)cc3CN3C[C@H](c4ccccc4)CC3=O)cc2)n1. The van der Waals surface area contributed by atoms with E-state index in [2.05, 4.69) is 10.1 Å². The minimum atomic E-state index is -1.41. The topological polar surface area (TPSA) is 106 Å². The predicted octanol–water partition coefficient (Wildman–Crippen LogP) is 5.19. The summed E-state index contributed by atoms with van der Waals surface area (Å²) in [5, 5.41) is 13.2. The van der Waals surface area contributed by atoms with Gasteiger partial charge in [0.2, 0.25) is 5.91 Å². The van der Waals surface area contributed by atoms with Gasteiger partial charge in [-0.1, -0.05) is 35.5 Å². The van der Waals surface area contributed by atoms with Crippen molar-refractivity contribution in [2.45, 2.75) is 25.8 Å². The van der Waals surface area contributed by atoms with Crippen LogP contribution < -0.4 is 4.74 Å². The fourth-order valence-corrected chi connectivity index (χ4v) is 4.26. The van der Waals surface area contributed by atoms with Gasteiger partial charge in [0.05, 0.1) is 5.56 Å². The molecule has 3 aromatic carbocycles. The molecule has 1 aliphatic rings. The number of aryl methyl sites for hydroxylation is 1. The lowest BCUT2D eigenvalue weighted by molar-refractivity contribution is -0.128. The summed E-state index contributed by atoms with van der Waals surface area (Å²) in [4.78, 5) is 30.1. The third-order valence-electron chi connectivity index (χ3n) is 6.08. The molecule has 4 aromatic rings. The number of likely N-dealkylation sites (tertiary alicyclic amines) is 1. The number of rotatable bonds is 7. The Balaban J connectivity index is 1.40. The fraction of sp³-hybridized carbons (Fsp3) is 0.185. The number of carboxylic acids is 1. The van der Waals surface area contributed by atoms with Gasteiger partial charge in [-0.15, -0.1) is 0 Å². The molecule has 0 saturated carbocycles. The summed E-state index contributed by atoms with van der Waals surface area (Å²) in [6.07, 6.45) is 0.354. The van der Waals surface area contributed by atoms with Crippen LogP contribution >= 0.6 is 0 Å². The highest BCUT2D eigenvalue weighted by Gasteiger charge is 2.31. The Hall–Kier alpha value is -4.53. The minimum absolute atomic E-state index is 0.0343. The monoisotopic (exact) mass is 487 g/mol. The fourth-order valence-electron chi connectivity index (χ4n) is 4.26. The number of carbonyl (C=O) groups excluding carboxylic acids is 1. The number of hydrogen-bond donors (Lipinski definition) is 1. The lowest BCUT2D eigenvalue weighted by Gasteiger charge is -2.20. The number of benzene rings is 3. The van der Waals surface area contributed by atoms with E-state index in [1.54, 1.807) is 36.1 Å². The summed E-state index contributed by atoms with van der Waals surface area (Å²) < 4.78 is 25.7. The van der Waals surface area contributed by atoms with Crippen molar-refractivity contribution in [3.63, 3.8) is 0 Å². The minimum Gasteiger partial charge on any atom is -0.478 e. The van der Waals surface area contributed by atoms with Crippen molar-refractivity contribution in [3.8, 4) is 23.0 Å². The Morgan fingerprint density at radius 3 is 2.58 bits per heavy atom. The Labute approximate surface area is 205 Å². The van der Waals surface area contributed by atoms with Gasteiger partial charge in [-0.2, -0.15) is 4.98 Å². The van der Waals surface area contributed by atoms with E-state index in [-0.39, 0.29) is 24.1 Å². The highest BCUT2D eigenvalue weighted by Crippen LogP contribution is 2.34. The smallest absolute Gasteiger partial charge is 0.338 e. The Morgan fingerprint density at radius 1 is 1.17 bits per heavy atom. The van der Waals surface area contributed by atoms with E-state index in [0.29, 0.717) is 41.6 Å². The predicted molar refractivity (Wildman–Crippen MR) is 127 cm³/mol. The van der Waals surface area contributed by atoms with Crippen LogP contribution in [0.25, 0.3) is 11.5 Å². The second-order valence-corrected chi connectivity index (χ2v) is 8.60. The van der Waals surface area contributed by atoms with Crippen LogP contribution in [-0.2, 0) is 11.3 Å². The summed E-state index contributed by atoms with van der Waals surface area (Å²) in [5.41, 5.74) is 1.61. The molecule has 0 aliphatic carbocycles. The van der Waals surface area contributed by atoms with Gasteiger partial charge in [0.1, 0.15) is 17.3 Å². The van der Waals surface area contributed by atoms with Crippen LogP contribution in [0.5, 0.6) is 11.5 Å². The molecule has 1 fully saturated rings. The molecule has 0 spiro atoms. The van der Waals surface area contributed by atoms with Gasteiger partial charge in [-0.05, 0) is 48.9 Å². The van der Waals surface area contributed by atoms with Crippen molar-refractivity contribution in [1.29, 1.82) is 0 Å². The second kappa shape index (κ2) is 9.61. The Kier molecular flexibility index (Phi) is 6.20. The van der Waals surface area contributed by atoms with Gasteiger partial charge in [0.25, 0.3) is 5.89 Å². The molecule has 0 bridgehead atoms. The van der Waals surface area contributed by atoms with E-state index < -0.39 is 17.3 Å². The Bertz CT molecular complexity index is 1420. The third kappa shape index (κ3) is 4.81. The molecule has 1 atom stereocenters. The van der Waals surface area contributed by atoms with Crippen molar-refractivity contribution in [3.05, 3.63) is 95.1 Å². The average Bonchev–Trinajstić information content (AvgIpc) is 3.47. The molecule has 2 heterocycles. The van der Waals surface area contributed by atoms with E-state index in [1.165, 1.54) is 0 Å². The molecule has 1 aliphatic heterocycles. The maximum absolute atomic E-state index is 14.6. The lowest BCUT2D eigenvalue weighted by atomic mass is 9.98. The van der Waals surface area contributed by atoms with Crippen LogP contribution in [0.4, 0.5) is 4.39 Å². The number of hydrogen-bond acceptors (Lipinski definition) is 6. The molecule has 1 amide bonds. The van der Waals surface area contributed by atoms with Crippen LogP contribution in [-0.4, -0.2) is 38.6 Å². The molecule has 1 N–H and O–H groups in total. The van der Waals surface area contributed by atoms with Gasteiger partial charge < -0.3 is 19.3 Å². The van der Waals surface area contributed by atoms with Crippen molar-refractivity contribution in [2.24, 2.45) is 0 Å². The van der Waals surface area contributed by atoms with Crippen LogP contribution in [0.3, 0.4) is 0 Å². The lowest BCUT2D eigenvalue weighted by Crippen LogP contribution is -2.25. The molecule has 182 valence electrons. The summed E-state index contributed by atoms with van der Waals surface area (Å²) in [5.74, 6) is -0.904. The summed E-state index contributed by atoms with van der Waals surface area (Å²) in [7, 11) is 0. The number of aromatic carboxylic acids is 1. The third-order valence-corrected chi connectivity index (χ3v) is 6.08. The molecule has 5 rings (SSSR count). The van der Waals surface area contributed by atoms with Crippen molar-refractivity contribution >= 4 is 11.9 Å². The zero-order valence-corrected chi connectivity index (χ0v) is 19.3. The number of halogens is 1. The van der Waals surface area contributed by atoms with Gasteiger partial charge in [-0.25, -0.2) is 9.18 Å². The highest BCUT2D eigenvalue weighted by atomic mass is 19.1. The second-order valence-electron chi connectivity index (χ2n) is 8.60. The normalized spacial score (nSPS) is 15.3. The quantitative estimate of drug-likeness (QED) is 0.382. The van der Waals surface area contributed by atoms with Crippen LogP contribution in [0.2, 0.25) is 0 Å². The first-order valence-electron chi connectivity index (χ1n) is 11.3. The zero-order chi connectivity index (χ0) is 25.2. The Morgan fingerprint density at radius 2 is 1.92 bits per heavy atom. The van der Waals surface area contributed by atoms with Crippen molar-refractivity contribution in [2.75, 3.05) is 6.54 Å². The van der Waals surface area contributed by atoms with Crippen molar-refractivity contribution in [1.82, 2.24) is 15.0 Å². The van der Waals surface area contributed by atoms with Gasteiger partial charge in [0.15, 0.2) is 5.82 Å². The van der Waals surface area contributed by atoms with E-state index in [0.717, 1.165) is 17.7 Å². The first-order valence-corrected chi connectivity index (χ1v) is 11.3. The number of ether oxygens (including phenoxy) is 1. The van der Waals surface area contributed by atoms with E-state index in [4.69, 9.17) is 9.26 Å². The van der Waals surface area contributed by atoms with Crippen LogP contribution in [0.1, 0.15) is 39.6 Å². The summed E-state index contributed by atoms with van der Waals surface area (Å²) in [6, 6.07) is 18.8. The molecule has 1 aromatic heterocycles. The molecule has 0 unspecified atom stereocenters. The number of aromatic nitrogens is 2. The number of carboxylic acid groups (broad SMARTS) is 1. The van der Waals surface area contributed by atoms with Gasteiger partial charge >= 0.3 is 5.97 Å². The number of carbonyl (C=O) groups is 2. The molecular formula is C27H22FN3O5. The zero-order valence-electron chi connectivity index (χ0n) is 19.3. The molecular weight excluding hydrogens is 465 g/mol. The number of nitrogens with zero attached hydrogens (tertiary/aromatic N) is 3. The number of amides is 1. The molecule has 1 saturated heterocycles.